The third kappa shape index (κ3) is 4.78. The predicted molar refractivity (Wildman–Crippen MR) is 79.2 cm³/mol. The molecule has 0 saturated heterocycles. The molecule has 0 aliphatic heterocycles. The van der Waals surface area contributed by atoms with Gasteiger partial charge in [0.25, 0.3) is 0 Å². The number of nitrogens with zero attached hydrogens (tertiary/aromatic N) is 2. The van der Waals surface area contributed by atoms with Crippen molar-refractivity contribution in [1.82, 2.24) is 10.2 Å². The Labute approximate surface area is 116 Å². The van der Waals surface area contributed by atoms with Crippen molar-refractivity contribution >= 4 is 5.82 Å². The number of hydrogen-bond donors (Lipinski definition) is 2. The molecular formula is C15H26N4. The van der Waals surface area contributed by atoms with E-state index in [9.17, 15) is 0 Å². The highest BCUT2D eigenvalue weighted by atomic mass is 15.2. The molecule has 2 rings (SSSR count). The van der Waals surface area contributed by atoms with Gasteiger partial charge < -0.3 is 11.1 Å². The number of hydrogen-bond acceptors (Lipinski definition) is 4. The molecule has 1 aromatic heterocycles. The van der Waals surface area contributed by atoms with Gasteiger partial charge in [-0.25, -0.2) is 0 Å². The van der Waals surface area contributed by atoms with Gasteiger partial charge in [-0.05, 0) is 45.2 Å². The Morgan fingerprint density at radius 3 is 2.53 bits per heavy atom. The molecule has 0 aromatic carbocycles. The van der Waals surface area contributed by atoms with E-state index in [4.69, 9.17) is 5.73 Å². The van der Waals surface area contributed by atoms with E-state index in [0.29, 0.717) is 5.92 Å². The van der Waals surface area contributed by atoms with Crippen LogP contribution in [0.3, 0.4) is 0 Å². The molecule has 4 nitrogen and oxygen atoms in total. The van der Waals surface area contributed by atoms with Gasteiger partial charge in [0.05, 0.1) is 5.69 Å². The second-order valence-corrected chi connectivity index (χ2v) is 6.34. The lowest BCUT2D eigenvalue weighted by molar-refractivity contribution is 0.434. The molecule has 106 valence electrons. The molecule has 0 unspecified atom stereocenters. The van der Waals surface area contributed by atoms with Crippen LogP contribution in [0.15, 0.2) is 12.1 Å². The van der Waals surface area contributed by atoms with Crippen LogP contribution in [0.25, 0.3) is 0 Å². The second-order valence-electron chi connectivity index (χ2n) is 6.34. The molecule has 0 amide bonds. The minimum absolute atomic E-state index is 0.136. The van der Waals surface area contributed by atoms with Crippen LogP contribution in [0.2, 0.25) is 0 Å². The molecule has 1 aromatic rings. The van der Waals surface area contributed by atoms with Gasteiger partial charge in [0.2, 0.25) is 0 Å². The van der Waals surface area contributed by atoms with E-state index in [0.717, 1.165) is 24.5 Å². The Morgan fingerprint density at radius 2 is 1.95 bits per heavy atom. The lowest BCUT2D eigenvalue weighted by atomic mass is 9.87. The maximum atomic E-state index is 5.95. The summed E-state index contributed by atoms with van der Waals surface area (Å²) in [6.45, 7) is 4.90. The van der Waals surface area contributed by atoms with E-state index >= 15 is 0 Å². The van der Waals surface area contributed by atoms with Crippen molar-refractivity contribution < 1.29 is 0 Å². The summed E-state index contributed by atoms with van der Waals surface area (Å²) in [6, 6.07) is 4.17. The minimum atomic E-state index is -0.136. The zero-order chi connectivity index (χ0) is 13.7. The highest BCUT2D eigenvalue weighted by Crippen LogP contribution is 2.31. The van der Waals surface area contributed by atoms with E-state index in [1.807, 2.05) is 19.9 Å². The average molecular weight is 262 g/mol. The van der Waals surface area contributed by atoms with Crippen molar-refractivity contribution in [3.8, 4) is 0 Å². The summed E-state index contributed by atoms with van der Waals surface area (Å²) in [4.78, 5) is 0. The van der Waals surface area contributed by atoms with Crippen LogP contribution in [-0.4, -0.2) is 22.3 Å². The van der Waals surface area contributed by atoms with Crippen molar-refractivity contribution in [2.45, 2.75) is 63.8 Å². The number of anilines is 1. The highest BCUT2D eigenvalue weighted by molar-refractivity contribution is 5.33. The van der Waals surface area contributed by atoms with Gasteiger partial charge in [-0.2, -0.15) is 5.10 Å². The fraction of sp³-hybridized carbons (Fsp3) is 0.733. The Bertz CT molecular complexity index is 374. The summed E-state index contributed by atoms with van der Waals surface area (Å²) < 4.78 is 0. The molecule has 0 radical (unpaired) electrons. The number of rotatable bonds is 5. The third-order valence-electron chi connectivity index (χ3n) is 3.78. The first-order valence-corrected chi connectivity index (χ1v) is 7.41. The summed E-state index contributed by atoms with van der Waals surface area (Å²) >= 11 is 0. The molecule has 0 atom stereocenters. The fourth-order valence-electron chi connectivity index (χ4n) is 2.57. The van der Waals surface area contributed by atoms with E-state index in [2.05, 4.69) is 21.6 Å². The normalized spacial score (nSPS) is 17.4. The van der Waals surface area contributed by atoms with Gasteiger partial charge in [0.1, 0.15) is 5.82 Å². The highest BCUT2D eigenvalue weighted by Gasteiger charge is 2.17. The SMILES string of the molecule is CC(C)(N)CCNc1ccc(C2CCCCC2)nn1. The van der Waals surface area contributed by atoms with Crippen molar-refractivity contribution in [2.24, 2.45) is 5.73 Å². The first kappa shape index (κ1) is 14.3. The Balaban J connectivity index is 1.84. The lowest BCUT2D eigenvalue weighted by Gasteiger charge is -2.21. The van der Waals surface area contributed by atoms with Crippen LogP contribution < -0.4 is 11.1 Å². The van der Waals surface area contributed by atoms with Crippen LogP contribution in [0.4, 0.5) is 5.82 Å². The number of nitrogens with one attached hydrogen (secondary N) is 1. The largest absolute Gasteiger partial charge is 0.369 e. The maximum absolute atomic E-state index is 5.95. The molecule has 3 N–H and O–H groups in total. The molecule has 0 spiro atoms. The molecule has 1 fully saturated rings. The van der Waals surface area contributed by atoms with Gasteiger partial charge >= 0.3 is 0 Å². The monoisotopic (exact) mass is 262 g/mol. The smallest absolute Gasteiger partial charge is 0.148 e. The van der Waals surface area contributed by atoms with Crippen molar-refractivity contribution in [1.29, 1.82) is 0 Å². The van der Waals surface area contributed by atoms with Gasteiger partial charge in [-0.15, -0.1) is 5.10 Å². The summed E-state index contributed by atoms with van der Waals surface area (Å²) in [6.07, 6.45) is 7.49. The van der Waals surface area contributed by atoms with Crippen LogP contribution in [0.1, 0.15) is 64.0 Å². The third-order valence-corrected chi connectivity index (χ3v) is 3.78. The predicted octanol–water partition coefficient (Wildman–Crippen LogP) is 3.06. The minimum Gasteiger partial charge on any atom is -0.369 e. The molecule has 0 bridgehead atoms. The maximum Gasteiger partial charge on any atom is 0.148 e. The van der Waals surface area contributed by atoms with Gasteiger partial charge in [0.15, 0.2) is 0 Å². The Morgan fingerprint density at radius 1 is 1.21 bits per heavy atom. The molecule has 4 heteroatoms. The molecule has 1 heterocycles. The zero-order valence-electron chi connectivity index (χ0n) is 12.2. The van der Waals surface area contributed by atoms with Gasteiger partial charge in [-0.1, -0.05) is 19.3 Å². The standard InChI is InChI=1S/C15H26N4/c1-15(2,16)10-11-17-14-9-8-13(18-19-14)12-6-4-3-5-7-12/h8-9,12H,3-7,10-11,16H2,1-2H3,(H,17,19). The van der Waals surface area contributed by atoms with E-state index in [1.165, 1.54) is 32.1 Å². The topological polar surface area (TPSA) is 63.8 Å². The molecule has 1 saturated carbocycles. The number of nitrogens with two attached hydrogens (primary N) is 1. The van der Waals surface area contributed by atoms with Crippen molar-refractivity contribution in [2.75, 3.05) is 11.9 Å². The Hall–Kier alpha value is -1.16. The summed E-state index contributed by atoms with van der Waals surface area (Å²) in [5, 5.41) is 11.9. The first-order chi connectivity index (χ1) is 9.04. The van der Waals surface area contributed by atoms with Crippen LogP contribution in [-0.2, 0) is 0 Å². The first-order valence-electron chi connectivity index (χ1n) is 7.41. The molecule has 1 aliphatic rings. The van der Waals surface area contributed by atoms with Crippen LogP contribution in [0, 0.1) is 0 Å². The van der Waals surface area contributed by atoms with Gasteiger partial charge in [-0.3, -0.25) is 0 Å². The number of aromatic nitrogens is 2. The molecule has 1 aliphatic carbocycles. The van der Waals surface area contributed by atoms with Crippen molar-refractivity contribution in [3.63, 3.8) is 0 Å². The van der Waals surface area contributed by atoms with Crippen LogP contribution in [0.5, 0.6) is 0 Å². The van der Waals surface area contributed by atoms with Crippen LogP contribution >= 0.6 is 0 Å². The lowest BCUT2D eigenvalue weighted by Crippen LogP contribution is -2.34. The van der Waals surface area contributed by atoms with E-state index in [-0.39, 0.29) is 5.54 Å². The summed E-state index contributed by atoms with van der Waals surface area (Å²) in [5.74, 6) is 1.47. The van der Waals surface area contributed by atoms with E-state index < -0.39 is 0 Å². The quantitative estimate of drug-likeness (QED) is 0.856. The fourth-order valence-corrected chi connectivity index (χ4v) is 2.57. The van der Waals surface area contributed by atoms with E-state index in [1.54, 1.807) is 0 Å². The average Bonchev–Trinajstić information content (AvgIpc) is 2.39. The molecule has 19 heavy (non-hydrogen) atoms. The van der Waals surface area contributed by atoms with Gasteiger partial charge in [0, 0.05) is 18.0 Å². The summed E-state index contributed by atoms with van der Waals surface area (Å²) in [7, 11) is 0. The molecular weight excluding hydrogens is 236 g/mol. The second kappa shape index (κ2) is 6.33. The zero-order valence-corrected chi connectivity index (χ0v) is 12.2. The van der Waals surface area contributed by atoms with Crippen molar-refractivity contribution in [3.05, 3.63) is 17.8 Å². The Kier molecular flexibility index (Phi) is 4.75. The summed E-state index contributed by atoms with van der Waals surface area (Å²) in [5.41, 5.74) is 6.97.